The van der Waals surface area contributed by atoms with Crippen molar-refractivity contribution in [1.29, 1.82) is 0 Å². The first kappa shape index (κ1) is 11.2. The minimum atomic E-state index is 0.187. The number of hydrogen-bond acceptors (Lipinski definition) is 4. The molecule has 1 amide bonds. The summed E-state index contributed by atoms with van der Waals surface area (Å²) in [7, 11) is 0. The van der Waals surface area contributed by atoms with Crippen LogP contribution < -0.4 is 5.32 Å². The second kappa shape index (κ2) is 4.40. The molecule has 3 rings (SSSR count). The lowest BCUT2D eigenvalue weighted by Crippen LogP contribution is -2.51. The summed E-state index contributed by atoms with van der Waals surface area (Å²) in [4.78, 5) is 15.2. The molecular weight excluding hydrogens is 252 g/mol. The van der Waals surface area contributed by atoms with E-state index in [1.165, 1.54) is 9.40 Å². The molecule has 1 N–H and O–H groups in total. The molecule has 3 heterocycles. The summed E-state index contributed by atoms with van der Waals surface area (Å²) >= 11 is 3.31. The van der Waals surface area contributed by atoms with Gasteiger partial charge in [0.1, 0.15) is 0 Å². The van der Waals surface area contributed by atoms with Crippen LogP contribution in [0.3, 0.4) is 0 Å². The summed E-state index contributed by atoms with van der Waals surface area (Å²) in [6, 6.07) is 4.51. The number of nitrogens with zero attached hydrogens (tertiary/aromatic N) is 1. The highest BCUT2D eigenvalue weighted by Gasteiger charge is 2.23. The first-order valence-corrected chi connectivity index (χ1v) is 7.43. The molecule has 0 radical (unpaired) electrons. The predicted molar refractivity (Wildman–Crippen MR) is 73.1 cm³/mol. The summed E-state index contributed by atoms with van der Waals surface area (Å²) < 4.78 is 2.45. The van der Waals surface area contributed by atoms with Gasteiger partial charge in [-0.2, -0.15) is 0 Å². The fourth-order valence-electron chi connectivity index (χ4n) is 2.14. The van der Waals surface area contributed by atoms with Crippen molar-refractivity contribution in [3.05, 3.63) is 22.4 Å². The molecule has 3 nitrogen and oxygen atoms in total. The Morgan fingerprint density at radius 2 is 2.41 bits per heavy atom. The summed E-state index contributed by atoms with van der Waals surface area (Å²) in [6.45, 7) is 4.64. The second-order valence-corrected chi connectivity index (χ2v) is 6.40. The van der Waals surface area contributed by atoms with Gasteiger partial charge in [0.15, 0.2) is 0 Å². The van der Waals surface area contributed by atoms with Crippen molar-refractivity contribution in [2.75, 3.05) is 19.6 Å². The van der Waals surface area contributed by atoms with Crippen LogP contribution in [-0.4, -0.2) is 36.5 Å². The third kappa shape index (κ3) is 2.10. The number of carbonyl (C=O) groups is 1. The van der Waals surface area contributed by atoms with Crippen molar-refractivity contribution in [3.63, 3.8) is 0 Å². The highest BCUT2D eigenvalue weighted by atomic mass is 32.1. The number of thiophene rings is 2. The molecule has 1 atom stereocenters. The first-order valence-electron chi connectivity index (χ1n) is 5.74. The van der Waals surface area contributed by atoms with Crippen LogP contribution in [0.1, 0.15) is 16.6 Å². The van der Waals surface area contributed by atoms with Gasteiger partial charge in [0, 0.05) is 35.1 Å². The quantitative estimate of drug-likeness (QED) is 0.859. The third-order valence-corrected chi connectivity index (χ3v) is 5.09. The molecule has 0 saturated carbocycles. The van der Waals surface area contributed by atoms with Crippen molar-refractivity contribution in [2.45, 2.75) is 13.0 Å². The smallest absolute Gasteiger partial charge is 0.264 e. The van der Waals surface area contributed by atoms with Crippen LogP contribution in [-0.2, 0) is 0 Å². The molecule has 2 aromatic heterocycles. The minimum absolute atomic E-state index is 0.187. The Hall–Kier alpha value is -0.910. The molecule has 17 heavy (non-hydrogen) atoms. The van der Waals surface area contributed by atoms with Crippen LogP contribution in [0.25, 0.3) is 9.40 Å². The summed E-state index contributed by atoms with van der Waals surface area (Å²) in [5.74, 6) is 0.187. The van der Waals surface area contributed by atoms with Crippen LogP contribution in [0.15, 0.2) is 17.5 Å². The molecule has 90 valence electrons. The number of nitrogens with one attached hydrogen (secondary N) is 1. The molecule has 0 unspecified atom stereocenters. The average molecular weight is 266 g/mol. The van der Waals surface area contributed by atoms with Gasteiger partial charge in [-0.05, 0) is 24.4 Å². The molecule has 1 saturated heterocycles. The van der Waals surface area contributed by atoms with Gasteiger partial charge in [0.2, 0.25) is 0 Å². The average Bonchev–Trinajstić information content (AvgIpc) is 2.88. The molecule has 0 aromatic carbocycles. The number of piperazine rings is 1. The molecule has 0 aliphatic carbocycles. The highest BCUT2D eigenvalue weighted by Crippen LogP contribution is 2.30. The van der Waals surface area contributed by atoms with Gasteiger partial charge >= 0.3 is 0 Å². The van der Waals surface area contributed by atoms with Gasteiger partial charge in [-0.15, -0.1) is 22.7 Å². The largest absolute Gasteiger partial charge is 0.335 e. The third-order valence-electron chi connectivity index (χ3n) is 3.01. The van der Waals surface area contributed by atoms with E-state index in [4.69, 9.17) is 0 Å². The van der Waals surface area contributed by atoms with Crippen molar-refractivity contribution in [2.24, 2.45) is 0 Å². The van der Waals surface area contributed by atoms with E-state index in [9.17, 15) is 4.79 Å². The van der Waals surface area contributed by atoms with Crippen LogP contribution in [0.2, 0.25) is 0 Å². The zero-order valence-electron chi connectivity index (χ0n) is 9.60. The Bertz CT molecular complexity index is 517. The zero-order valence-corrected chi connectivity index (χ0v) is 11.2. The Morgan fingerprint density at radius 1 is 1.53 bits per heavy atom. The van der Waals surface area contributed by atoms with E-state index in [1.807, 2.05) is 11.0 Å². The van der Waals surface area contributed by atoms with E-state index >= 15 is 0 Å². The Labute approximate surface area is 108 Å². The lowest BCUT2D eigenvalue weighted by Gasteiger charge is -2.31. The van der Waals surface area contributed by atoms with Gasteiger partial charge in [-0.3, -0.25) is 4.79 Å². The van der Waals surface area contributed by atoms with E-state index in [-0.39, 0.29) is 5.91 Å². The Kier molecular flexibility index (Phi) is 2.90. The van der Waals surface area contributed by atoms with Gasteiger partial charge in [-0.1, -0.05) is 0 Å². The summed E-state index contributed by atoms with van der Waals surface area (Å²) in [5, 5.41) is 5.42. The lowest BCUT2D eigenvalue weighted by molar-refractivity contribution is 0.0714. The van der Waals surface area contributed by atoms with E-state index in [0.717, 1.165) is 24.5 Å². The van der Waals surface area contributed by atoms with Gasteiger partial charge in [-0.25, -0.2) is 0 Å². The molecule has 5 heteroatoms. The standard InChI is InChI=1S/C12H14N2OS2/c1-8-7-14(4-3-13-8)12(15)11-6-10-9(17-11)2-5-16-10/h2,5-6,8,13H,3-4,7H2,1H3/t8-/m1/s1. The maximum Gasteiger partial charge on any atom is 0.264 e. The maximum absolute atomic E-state index is 12.3. The number of fused-ring (bicyclic) bond motifs is 1. The molecular formula is C12H14N2OS2. The predicted octanol–water partition coefficient (Wildman–Crippen LogP) is 2.40. The monoisotopic (exact) mass is 266 g/mol. The van der Waals surface area contributed by atoms with Crippen LogP contribution in [0.4, 0.5) is 0 Å². The summed E-state index contributed by atoms with van der Waals surface area (Å²) in [6.07, 6.45) is 0. The van der Waals surface area contributed by atoms with Crippen molar-refractivity contribution >= 4 is 38.0 Å². The SMILES string of the molecule is C[C@@H]1CN(C(=O)c2cc3sccc3s2)CCN1. The number of carbonyl (C=O) groups excluding carboxylic acids is 1. The summed E-state index contributed by atoms with van der Waals surface area (Å²) in [5.41, 5.74) is 0. The van der Waals surface area contributed by atoms with Crippen LogP contribution in [0.5, 0.6) is 0 Å². The maximum atomic E-state index is 12.3. The number of rotatable bonds is 1. The number of amides is 1. The molecule has 1 aliphatic rings. The molecule has 2 aromatic rings. The Balaban J connectivity index is 1.83. The normalized spacial score (nSPS) is 21.0. The fourth-order valence-corrected chi connectivity index (χ4v) is 4.22. The van der Waals surface area contributed by atoms with Crippen LogP contribution in [0, 0.1) is 0 Å². The van der Waals surface area contributed by atoms with E-state index in [2.05, 4.69) is 23.7 Å². The van der Waals surface area contributed by atoms with Crippen LogP contribution >= 0.6 is 22.7 Å². The molecule has 0 spiro atoms. The minimum Gasteiger partial charge on any atom is -0.335 e. The Morgan fingerprint density at radius 3 is 3.18 bits per heavy atom. The van der Waals surface area contributed by atoms with Crippen molar-refractivity contribution in [1.82, 2.24) is 10.2 Å². The molecule has 1 fully saturated rings. The van der Waals surface area contributed by atoms with E-state index in [0.29, 0.717) is 6.04 Å². The van der Waals surface area contributed by atoms with Gasteiger partial charge in [0.05, 0.1) is 4.88 Å². The lowest BCUT2D eigenvalue weighted by atomic mass is 10.2. The van der Waals surface area contributed by atoms with Gasteiger partial charge < -0.3 is 10.2 Å². The first-order chi connectivity index (χ1) is 8.24. The fraction of sp³-hybridized carbons (Fsp3) is 0.417. The highest BCUT2D eigenvalue weighted by molar-refractivity contribution is 7.27. The zero-order chi connectivity index (χ0) is 11.8. The second-order valence-electron chi connectivity index (χ2n) is 4.37. The van der Waals surface area contributed by atoms with E-state index < -0.39 is 0 Å². The van der Waals surface area contributed by atoms with Crippen molar-refractivity contribution in [3.8, 4) is 0 Å². The van der Waals surface area contributed by atoms with Gasteiger partial charge in [0.25, 0.3) is 5.91 Å². The molecule has 0 bridgehead atoms. The molecule has 1 aliphatic heterocycles. The topological polar surface area (TPSA) is 32.3 Å². The number of hydrogen-bond donors (Lipinski definition) is 1. The van der Waals surface area contributed by atoms with E-state index in [1.54, 1.807) is 22.7 Å². The van der Waals surface area contributed by atoms with Crippen molar-refractivity contribution < 1.29 is 4.79 Å².